The van der Waals surface area contributed by atoms with E-state index < -0.39 is 0 Å². The number of carbonyl (C=O) groups excluding carboxylic acids is 1. The lowest BCUT2D eigenvalue weighted by atomic mass is 10.1. The van der Waals surface area contributed by atoms with Crippen LogP contribution in [0.1, 0.15) is 36.0 Å². The van der Waals surface area contributed by atoms with Gasteiger partial charge in [-0.05, 0) is 30.2 Å². The second-order valence-electron chi connectivity index (χ2n) is 4.18. The van der Waals surface area contributed by atoms with Crippen LogP contribution in [0.5, 0.6) is 0 Å². The number of carbonyl (C=O) groups is 1. The summed E-state index contributed by atoms with van der Waals surface area (Å²) in [5, 5.41) is 3.36. The summed E-state index contributed by atoms with van der Waals surface area (Å²) >= 11 is 5.77. The molecule has 0 fully saturated rings. The highest BCUT2D eigenvalue weighted by molar-refractivity contribution is 6.30. The molecule has 1 N–H and O–H groups in total. The number of halogens is 1. The Kier molecular flexibility index (Phi) is 3.67. The van der Waals surface area contributed by atoms with E-state index in [2.05, 4.69) is 10.3 Å². The molecule has 1 heterocycles. The first kappa shape index (κ1) is 12.6. The molecular formula is C13H13ClN2O2. The lowest BCUT2D eigenvalue weighted by Crippen LogP contribution is -2.13. The molecule has 1 aromatic carbocycles. The van der Waals surface area contributed by atoms with E-state index in [9.17, 15) is 4.79 Å². The number of oxazole rings is 1. The molecule has 0 aliphatic rings. The van der Waals surface area contributed by atoms with Crippen molar-refractivity contribution in [2.45, 2.75) is 19.8 Å². The van der Waals surface area contributed by atoms with E-state index in [4.69, 9.17) is 16.0 Å². The Bertz CT molecular complexity index is 546. The van der Waals surface area contributed by atoms with Crippen LogP contribution in [0.25, 0.3) is 0 Å². The maximum absolute atomic E-state index is 12.0. The predicted molar refractivity (Wildman–Crippen MR) is 70.0 cm³/mol. The van der Waals surface area contributed by atoms with E-state index >= 15 is 0 Å². The van der Waals surface area contributed by atoms with Gasteiger partial charge in [-0.2, -0.15) is 0 Å². The van der Waals surface area contributed by atoms with Gasteiger partial charge in [-0.3, -0.25) is 4.79 Å². The minimum atomic E-state index is -0.307. The van der Waals surface area contributed by atoms with Crippen LogP contribution < -0.4 is 5.32 Å². The number of nitrogens with one attached hydrogen (secondary N) is 1. The van der Waals surface area contributed by atoms with Gasteiger partial charge in [-0.15, -0.1) is 0 Å². The van der Waals surface area contributed by atoms with Crippen LogP contribution in [0, 0.1) is 0 Å². The van der Waals surface area contributed by atoms with Gasteiger partial charge in [0.2, 0.25) is 5.76 Å². The molecule has 0 aliphatic heterocycles. The second-order valence-corrected chi connectivity index (χ2v) is 4.62. The van der Waals surface area contributed by atoms with Crippen LogP contribution in [0.3, 0.4) is 0 Å². The number of hydrogen-bond acceptors (Lipinski definition) is 3. The molecule has 5 heteroatoms. The average Bonchev–Trinajstić information content (AvgIpc) is 2.81. The van der Waals surface area contributed by atoms with Gasteiger partial charge in [0, 0.05) is 10.7 Å². The number of rotatable bonds is 3. The summed E-state index contributed by atoms with van der Waals surface area (Å²) in [5.74, 6) is 0.0770. The molecule has 94 valence electrons. The van der Waals surface area contributed by atoms with Crippen molar-refractivity contribution in [3.05, 3.63) is 47.1 Å². The fourth-order valence-corrected chi connectivity index (χ4v) is 1.68. The summed E-state index contributed by atoms with van der Waals surface area (Å²) in [6.07, 6.45) is 1.28. The van der Waals surface area contributed by atoms with Gasteiger partial charge in [0.05, 0.1) is 5.69 Å². The van der Waals surface area contributed by atoms with Gasteiger partial charge >= 0.3 is 0 Å². The first-order valence-corrected chi connectivity index (χ1v) is 5.96. The minimum absolute atomic E-state index is 0.134. The Hall–Kier alpha value is -1.81. The van der Waals surface area contributed by atoms with Crippen LogP contribution in [-0.4, -0.2) is 10.9 Å². The number of amides is 1. The number of nitrogens with zero attached hydrogens (tertiary/aromatic N) is 1. The molecule has 0 unspecified atom stereocenters. The molecule has 0 bridgehead atoms. The highest BCUT2D eigenvalue weighted by atomic mass is 35.5. The monoisotopic (exact) mass is 264 g/mol. The average molecular weight is 265 g/mol. The highest BCUT2D eigenvalue weighted by Gasteiger charge is 2.19. The van der Waals surface area contributed by atoms with Crippen LogP contribution in [0.15, 0.2) is 35.1 Å². The van der Waals surface area contributed by atoms with Crippen LogP contribution in [0.4, 0.5) is 5.69 Å². The zero-order valence-corrected chi connectivity index (χ0v) is 10.9. The summed E-state index contributed by atoms with van der Waals surface area (Å²) in [4.78, 5) is 16.1. The predicted octanol–water partition coefficient (Wildman–Crippen LogP) is 3.70. The molecule has 2 aromatic rings. The third-order valence-electron chi connectivity index (χ3n) is 2.45. The van der Waals surface area contributed by atoms with Gasteiger partial charge in [0.15, 0.2) is 6.39 Å². The topological polar surface area (TPSA) is 55.1 Å². The van der Waals surface area contributed by atoms with Gasteiger partial charge in [-0.1, -0.05) is 25.4 Å². The highest BCUT2D eigenvalue weighted by Crippen LogP contribution is 2.19. The first-order valence-electron chi connectivity index (χ1n) is 5.58. The minimum Gasteiger partial charge on any atom is -0.438 e. The summed E-state index contributed by atoms with van der Waals surface area (Å²) in [6.45, 7) is 3.91. The Morgan fingerprint density at radius 2 is 2.00 bits per heavy atom. The van der Waals surface area contributed by atoms with Gasteiger partial charge in [-0.25, -0.2) is 4.98 Å². The Balaban J connectivity index is 2.17. The number of hydrogen-bond donors (Lipinski definition) is 1. The lowest BCUT2D eigenvalue weighted by molar-refractivity contribution is 0.0995. The molecule has 0 atom stereocenters. The molecule has 4 nitrogen and oxygen atoms in total. The first-order chi connectivity index (χ1) is 8.58. The molecule has 0 saturated carbocycles. The molecule has 1 aromatic heterocycles. The molecular weight excluding hydrogens is 252 g/mol. The van der Waals surface area contributed by atoms with Crippen LogP contribution >= 0.6 is 11.6 Å². The zero-order valence-electron chi connectivity index (χ0n) is 10.1. The van der Waals surface area contributed by atoms with E-state index in [0.29, 0.717) is 16.4 Å². The molecule has 0 saturated heterocycles. The molecule has 0 spiro atoms. The number of anilines is 1. The summed E-state index contributed by atoms with van der Waals surface area (Å²) < 4.78 is 5.13. The molecule has 0 radical (unpaired) electrons. The summed E-state index contributed by atoms with van der Waals surface area (Å²) in [6, 6.07) is 6.87. The quantitative estimate of drug-likeness (QED) is 0.919. The summed E-state index contributed by atoms with van der Waals surface area (Å²) in [7, 11) is 0. The number of benzene rings is 1. The normalized spacial score (nSPS) is 10.7. The fraction of sp³-hybridized carbons (Fsp3) is 0.231. The zero-order chi connectivity index (χ0) is 13.1. The van der Waals surface area contributed by atoms with Crippen molar-refractivity contribution in [2.75, 3.05) is 5.32 Å². The van der Waals surface area contributed by atoms with E-state index in [1.54, 1.807) is 24.3 Å². The van der Waals surface area contributed by atoms with E-state index in [-0.39, 0.29) is 17.6 Å². The number of aromatic nitrogens is 1. The molecule has 1 amide bonds. The van der Waals surface area contributed by atoms with Crippen molar-refractivity contribution in [2.24, 2.45) is 0 Å². The van der Waals surface area contributed by atoms with Crippen molar-refractivity contribution in [1.29, 1.82) is 0 Å². The van der Waals surface area contributed by atoms with Crippen LogP contribution in [-0.2, 0) is 0 Å². The molecule has 18 heavy (non-hydrogen) atoms. The lowest BCUT2D eigenvalue weighted by Gasteiger charge is -2.05. The standard InChI is InChI=1S/C13H13ClN2O2/c1-8(2)11-12(18-7-15-11)13(17)16-10-5-3-9(14)4-6-10/h3-8H,1-2H3,(H,16,17). The van der Waals surface area contributed by atoms with Crippen molar-refractivity contribution < 1.29 is 9.21 Å². The molecule has 2 rings (SSSR count). The van der Waals surface area contributed by atoms with Gasteiger partial charge in [0.25, 0.3) is 5.91 Å². The van der Waals surface area contributed by atoms with Crippen molar-refractivity contribution >= 4 is 23.2 Å². The smallest absolute Gasteiger partial charge is 0.293 e. The van der Waals surface area contributed by atoms with Crippen LogP contribution in [0.2, 0.25) is 5.02 Å². The third-order valence-corrected chi connectivity index (χ3v) is 2.70. The largest absolute Gasteiger partial charge is 0.438 e. The Morgan fingerprint density at radius 3 is 2.61 bits per heavy atom. The maximum Gasteiger partial charge on any atom is 0.293 e. The van der Waals surface area contributed by atoms with E-state index in [1.165, 1.54) is 6.39 Å². The third kappa shape index (κ3) is 2.71. The fourth-order valence-electron chi connectivity index (χ4n) is 1.56. The van der Waals surface area contributed by atoms with Crippen molar-refractivity contribution in [1.82, 2.24) is 4.98 Å². The van der Waals surface area contributed by atoms with E-state index in [0.717, 1.165) is 0 Å². The molecule has 0 aliphatic carbocycles. The Labute approximate surface area is 110 Å². The Morgan fingerprint density at radius 1 is 1.33 bits per heavy atom. The van der Waals surface area contributed by atoms with Crippen molar-refractivity contribution in [3.8, 4) is 0 Å². The van der Waals surface area contributed by atoms with Gasteiger partial charge < -0.3 is 9.73 Å². The van der Waals surface area contributed by atoms with E-state index in [1.807, 2.05) is 13.8 Å². The second kappa shape index (κ2) is 5.23. The maximum atomic E-state index is 12.0. The SMILES string of the molecule is CC(C)c1ncoc1C(=O)Nc1ccc(Cl)cc1. The van der Waals surface area contributed by atoms with Crippen molar-refractivity contribution in [3.63, 3.8) is 0 Å². The summed E-state index contributed by atoms with van der Waals surface area (Å²) in [5.41, 5.74) is 1.32. The van der Waals surface area contributed by atoms with Gasteiger partial charge in [0.1, 0.15) is 0 Å².